The maximum absolute atomic E-state index is 12.0. The van der Waals surface area contributed by atoms with E-state index in [1.165, 1.54) is 12.3 Å². The number of benzene rings is 1. The SMILES string of the molecule is O=S(=O)(CC(O)COCc1ccc(Cl)cc1)c1ccccn1. The van der Waals surface area contributed by atoms with E-state index in [1.807, 2.05) is 0 Å². The highest BCUT2D eigenvalue weighted by Crippen LogP contribution is 2.11. The Bertz CT molecular complexity index is 689. The first-order valence-electron chi connectivity index (χ1n) is 6.61. The van der Waals surface area contributed by atoms with Crippen LogP contribution in [0.2, 0.25) is 5.02 Å². The standard InChI is InChI=1S/C15H16ClNO4S/c16-13-6-4-12(5-7-13)9-21-10-14(18)11-22(19,20)15-3-1-2-8-17-15/h1-8,14,18H,9-11H2. The third-order valence-corrected chi connectivity index (χ3v) is 4.81. The predicted molar refractivity (Wildman–Crippen MR) is 83.4 cm³/mol. The molecule has 22 heavy (non-hydrogen) atoms. The summed E-state index contributed by atoms with van der Waals surface area (Å²) < 4.78 is 29.4. The second kappa shape index (κ2) is 7.69. The number of aliphatic hydroxyl groups excluding tert-OH is 1. The molecule has 1 unspecified atom stereocenters. The van der Waals surface area contributed by atoms with Gasteiger partial charge in [0.2, 0.25) is 0 Å². The van der Waals surface area contributed by atoms with Crippen molar-refractivity contribution in [3.8, 4) is 0 Å². The van der Waals surface area contributed by atoms with Gasteiger partial charge in [0, 0.05) is 11.2 Å². The van der Waals surface area contributed by atoms with Crippen LogP contribution in [0, 0.1) is 0 Å². The number of aromatic nitrogens is 1. The smallest absolute Gasteiger partial charge is 0.198 e. The molecule has 0 amide bonds. The molecule has 5 nitrogen and oxygen atoms in total. The number of hydrogen-bond donors (Lipinski definition) is 1. The summed E-state index contributed by atoms with van der Waals surface area (Å²) in [5.74, 6) is -0.426. The highest BCUT2D eigenvalue weighted by molar-refractivity contribution is 7.91. The van der Waals surface area contributed by atoms with Crippen molar-refractivity contribution in [2.45, 2.75) is 17.7 Å². The molecule has 2 aromatic rings. The molecule has 0 saturated heterocycles. The Morgan fingerprint density at radius 1 is 1.18 bits per heavy atom. The number of halogens is 1. The van der Waals surface area contributed by atoms with Gasteiger partial charge in [-0.05, 0) is 29.8 Å². The zero-order chi connectivity index (χ0) is 16.0. The Kier molecular flexibility index (Phi) is 5.90. The number of aliphatic hydroxyl groups is 1. The zero-order valence-corrected chi connectivity index (χ0v) is 13.3. The predicted octanol–water partition coefficient (Wildman–Crippen LogP) is 2.09. The van der Waals surface area contributed by atoms with E-state index >= 15 is 0 Å². The molecule has 0 aliphatic heterocycles. The van der Waals surface area contributed by atoms with Crippen LogP contribution in [0.25, 0.3) is 0 Å². The van der Waals surface area contributed by atoms with Crippen molar-refractivity contribution in [3.05, 3.63) is 59.2 Å². The highest BCUT2D eigenvalue weighted by atomic mass is 35.5. The monoisotopic (exact) mass is 341 g/mol. The second-order valence-corrected chi connectivity index (χ2v) is 7.16. The third-order valence-electron chi connectivity index (χ3n) is 2.86. The van der Waals surface area contributed by atoms with Gasteiger partial charge in [-0.25, -0.2) is 13.4 Å². The summed E-state index contributed by atoms with van der Waals surface area (Å²) in [6.45, 7) is 0.201. The quantitative estimate of drug-likeness (QED) is 0.834. The summed E-state index contributed by atoms with van der Waals surface area (Å²) in [7, 11) is -3.62. The van der Waals surface area contributed by atoms with E-state index < -0.39 is 21.7 Å². The van der Waals surface area contributed by atoms with Gasteiger partial charge in [0.15, 0.2) is 14.9 Å². The molecule has 1 aromatic carbocycles. The van der Waals surface area contributed by atoms with Gasteiger partial charge in [0.1, 0.15) is 0 Å². The van der Waals surface area contributed by atoms with Crippen molar-refractivity contribution in [3.63, 3.8) is 0 Å². The fourth-order valence-corrected chi connectivity index (χ4v) is 3.22. The minimum atomic E-state index is -3.62. The molecule has 0 fully saturated rings. The van der Waals surface area contributed by atoms with Crippen LogP contribution >= 0.6 is 11.6 Å². The first-order valence-corrected chi connectivity index (χ1v) is 8.64. The highest BCUT2D eigenvalue weighted by Gasteiger charge is 2.20. The lowest BCUT2D eigenvalue weighted by Gasteiger charge is -2.11. The Morgan fingerprint density at radius 2 is 1.91 bits per heavy atom. The lowest BCUT2D eigenvalue weighted by Crippen LogP contribution is -2.26. The number of pyridine rings is 1. The normalized spacial score (nSPS) is 13.0. The van der Waals surface area contributed by atoms with Gasteiger partial charge >= 0.3 is 0 Å². The topological polar surface area (TPSA) is 76.5 Å². The summed E-state index contributed by atoms with van der Waals surface area (Å²) in [6.07, 6.45) is 0.287. The summed E-state index contributed by atoms with van der Waals surface area (Å²) in [6, 6.07) is 11.7. The average molecular weight is 342 g/mol. The first kappa shape index (κ1) is 16.9. The third kappa shape index (κ3) is 5.06. The van der Waals surface area contributed by atoms with E-state index in [0.29, 0.717) is 5.02 Å². The van der Waals surface area contributed by atoms with Gasteiger partial charge in [0.05, 0.1) is 25.1 Å². The van der Waals surface area contributed by atoms with Gasteiger partial charge in [0.25, 0.3) is 0 Å². The van der Waals surface area contributed by atoms with E-state index in [0.717, 1.165) is 5.56 Å². The van der Waals surface area contributed by atoms with E-state index in [2.05, 4.69) is 4.98 Å². The molecule has 0 aliphatic carbocycles. The van der Waals surface area contributed by atoms with Gasteiger partial charge in [-0.3, -0.25) is 0 Å². The van der Waals surface area contributed by atoms with Gasteiger partial charge in [-0.1, -0.05) is 29.8 Å². The Balaban J connectivity index is 1.83. The summed E-state index contributed by atoms with van der Waals surface area (Å²) in [5.41, 5.74) is 0.893. The molecular formula is C15H16ClNO4S. The van der Waals surface area contributed by atoms with Crippen LogP contribution in [0.4, 0.5) is 0 Å². The Labute approximate surface area is 134 Å². The van der Waals surface area contributed by atoms with Crippen molar-refractivity contribution in [1.82, 2.24) is 4.98 Å². The van der Waals surface area contributed by atoms with Crippen molar-refractivity contribution in [1.29, 1.82) is 0 Å². The van der Waals surface area contributed by atoms with Crippen molar-refractivity contribution in [2.75, 3.05) is 12.4 Å². The zero-order valence-electron chi connectivity index (χ0n) is 11.7. The maximum atomic E-state index is 12.0. The maximum Gasteiger partial charge on any atom is 0.198 e. The summed E-state index contributed by atoms with van der Waals surface area (Å²) in [5, 5.41) is 10.4. The van der Waals surface area contributed by atoms with Gasteiger partial charge in [-0.2, -0.15) is 0 Å². The lowest BCUT2D eigenvalue weighted by molar-refractivity contribution is 0.0390. The van der Waals surface area contributed by atoms with Crippen molar-refractivity contribution in [2.24, 2.45) is 0 Å². The summed E-state index contributed by atoms with van der Waals surface area (Å²) in [4.78, 5) is 3.79. The number of ether oxygens (including phenoxy) is 1. The van der Waals surface area contributed by atoms with Crippen molar-refractivity contribution >= 4 is 21.4 Å². The number of hydrogen-bond acceptors (Lipinski definition) is 5. The van der Waals surface area contributed by atoms with Crippen LogP contribution in [0.15, 0.2) is 53.7 Å². The van der Waals surface area contributed by atoms with E-state index in [1.54, 1.807) is 36.4 Å². The molecule has 2 rings (SSSR count). The van der Waals surface area contributed by atoms with Crippen LogP contribution < -0.4 is 0 Å². The van der Waals surface area contributed by atoms with Crippen LogP contribution in [-0.4, -0.2) is 37.0 Å². The molecule has 0 spiro atoms. The largest absolute Gasteiger partial charge is 0.390 e. The molecule has 7 heteroatoms. The number of nitrogens with zero attached hydrogens (tertiary/aromatic N) is 1. The number of sulfone groups is 1. The second-order valence-electron chi connectivity index (χ2n) is 4.74. The van der Waals surface area contributed by atoms with Crippen molar-refractivity contribution < 1.29 is 18.3 Å². The van der Waals surface area contributed by atoms with Crippen LogP contribution in [-0.2, 0) is 21.2 Å². The molecule has 0 saturated carbocycles. The van der Waals surface area contributed by atoms with E-state index in [-0.39, 0.29) is 18.2 Å². The molecule has 1 aromatic heterocycles. The average Bonchev–Trinajstić information content (AvgIpc) is 2.50. The lowest BCUT2D eigenvalue weighted by atomic mass is 10.2. The van der Waals surface area contributed by atoms with Gasteiger partial charge < -0.3 is 9.84 Å². The van der Waals surface area contributed by atoms with Crippen LogP contribution in [0.1, 0.15) is 5.56 Å². The van der Waals surface area contributed by atoms with E-state index in [4.69, 9.17) is 16.3 Å². The molecule has 1 N–H and O–H groups in total. The van der Waals surface area contributed by atoms with Crippen LogP contribution in [0.5, 0.6) is 0 Å². The minimum Gasteiger partial charge on any atom is -0.390 e. The molecular weight excluding hydrogens is 326 g/mol. The van der Waals surface area contributed by atoms with E-state index in [9.17, 15) is 13.5 Å². The summed E-state index contributed by atoms with van der Waals surface area (Å²) >= 11 is 5.77. The van der Waals surface area contributed by atoms with Crippen LogP contribution in [0.3, 0.4) is 0 Å². The minimum absolute atomic E-state index is 0.0493. The Morgan fingerprint density at radius 3 is 2.55 bits per heavy atom. The fraction of sp³-hybridized carbons (Fsp3) is 0.267. The molecule has 0 aliphatic rings. The molecule has 1 heterocycles. The molecule has 0 bridgehead atoms. The first-order chi connectivity index (χ1) is 10.5. The number of rotatable bonds is 7. The van der Waals surface area contributed by atoms with Gasteiger partial charge in [-0.15, -0.1) is 0 Å². The molecule has 1 atom stereocenters. The molecule has 0 radical (unpaired) electrons. The fourth-order valence-electron chi connectivity index (χ4n) is 1.81. The Hall–Kier alpha value is -1.47. The molecule has 118 valence electrons.